The molecule has 0 aliphatic heterocycles. The minimum Gasteiger partial charge on any atom is -0.329 e. The molecule has 1 unspecified atom stereocenters. The molecule has 1 aromatic heterocycles. The Labute approximate surface area is 85.7 Å². The van der Waals surface area contributed by atoms with Crippen molar-refractivity contribution in [2.45, 2.75) is 26.4 Å². The van der Waals surface area contributed by atoms with Gasteiger partial charge in [-0.15, -0.1) is 0 Å². The molecule has 80 valence electrons. The lowest BCUT2D eigenvalue weighted by Gasteiger charge is -2.22. The molecule has 1 rings (SSSR count). The van der Waals surface area contributed by atoms with Crippen LogP contribution in [0.25, 0.3) is 0 Å². The van der Waals surface area contributed by atoms with E-state index < -0.39 is 0 Å². The van der Waals surface area contributed by atoms with Crippen LogP contribution in [0.4, 0.5) is 0 Å². The number of hydrogen-bond donors (Lipinski definition) is 1. The van der Waals surface area contributed by atoms with Gasteiger partial charge in [0.15, 0.2) is 0 Å². The van der Waals surface area contributed by atoms with Gasteiger partial charge in [-0.1, -0.05) is 0 Å². The third-order valence-electron chi connectivity index (χ3n) is 2.60. The number of aryl methyl sites for hydroxylation is 2. The predicted octanol–water partition coefficient (Wildman–Crippen LogP) is 0.508. The largest absolute Gasteiger partial charge is 0.329 e. The van der Waals surface area contributed by atoms with Gasteiger partial charge in [0.2, 0.25) is 0 Å². The minimum atomic E-state index is 0.408. The molecule has 1 heterocycles. The normalized spacial score (nSPS) is 13.6. The number of aromatic nitrogens is 2. The Morgan fingerprint density at radius 2 is 2.29 bits per heavy atom. The van der Waals surface area contributed by atoms with Crippen LogP contribution in [-0.2, 0) is 13.6 Å². The monoisotopic (exact) mass is 196 g/mol. The van der Waals surface area contributed by atoms with Gasteiger partial charge in [0, 0.05) is 26.2 Å². The maximum atomic E-state index is 5.61. The van der Waals surface area contributed by atoms with Crippen LogP contribution in [0.3, 0.4) is 0 Å². The summed E-state index contributed by atoms with van der Waals surface area (Å²) in [6.07, 6.45) is 0. The van der Waals surface area contributed by atoms with Crippen molar-refractivity contribution < 1.29 is 0 Å². The fourth-order valence-corrected chi connectivity index (χ4v) is 1.40. The molecule has 0 spiro atoms. The maximum absolute atomic E-state index is 5.61. The number of rotatable bonds is 4. The predicted molar refractivity (Wildman–Crippen MR) is 57.9 cm³/mol. The first kappa shape index (κ1) is 11.2. The Kier molecular flexibility index (Phi) is 3.66. The zero-order valence-corrected chi connectivity index (χ0v) is 9.49. The Balaban J connectivity index is 2.64. The van der Waals surface area contributed by atoms with Crippen molar-refractivity contribution in [3.05, 3.63) is 17.5 Å². The maximum Gasteiger partial charge on any atom is 0.0597 e. The van der Waals surface area contributed by atoms with Crippen LogP contribution in [0.1, 0.15) is 18.3 Å². The Morgan fingerprint density at radius 1 is 1.64 bits per heavy atom. The lowest BCUT2D eigenvalue weighted by Crippen LogP contribution is -2.35. The molecule has 4 heteroatoms. The molecule has 0 aliphatic carbocycles. The van der Waals surface area contributed by atoms with E-state index in [-0.39, 0.29) is 0 Å². The summed E-state index contributed by atoms with van der Waals surface area (Å²) in [7, 11) is 4.06. The molecule has 0 amide bonds. The molecule has 14 heavy (non-hydrogen) atoms. The average molecular weight is 196 g/mol. The summed E-state index contributed by atoms with van der Waals surface area (Å²) < 4.78 is 1.93. The number of hydrogen-bond acceptors (Lipinski definition) is 3. The molecule has 0 saturated heterocycles. The van der Waals surface area contributed by atoms with Gasteiger partial charge >= 0.3 is 0 Å². The quantitative estimate of drug-likeness (QED) is 0.763. The van der Waals surface area contributed by atoms with Gasteiger partial charge in [-0.05, 0) is 27.0 Å². The molecule has 0 aliphatic rings. The molecule has 1 atom stereocenters. The Hall–Kier alpha value is -0.870. The van der Waals surface area contributed by atoms with Crippen LogP contribution < -0.4 is 5.73 Å². The molecule has 0 fully saturated rings. The summed E-state index contributed by atoms with van der Waals surface area (Å²) >= 11 is 0. The van der Waals surface area contributed by atoms with Crippen molar-refractivity contribution in [3.8, 4) is 0 Å². The molecular weight excluding hydrogens is 176 g/mol. The van der Waals surface area contributed by atoms with E-state index in [0.717, 1.165) is 12.2 Å². The average Bonchev–Trinajstić information content (AvgIpc) is 2.44. The fourth-order valence-electron chi connectivity index (χ4n) is 1.40. The van der Waals surface area contributed by atoms with E-state index >= 15 is 0 Å². The summed E-state index contributed by atoms with van der Waals surface area (Å²) in [6.45, 7) is 5.72. The van der Waals surface area contributed by atoms with Crippen LogP contribution in [0.15, 0.2) is 6.07 Å². The third-order valence-corrected chi connectivity index (χ3v) is 2.60. The molecule has 0 aromatic carbocycles. The zero-order valence-electron chi connectivity index (χ0n) is 9.49. The SMILES string of the molecule is Cc1cc(CN(C)C(C)CN)n(C)n1. The van der Waals surface area contributed by atoms with Gasteiger partial charge in [0.25, 0.3) is 0 Å². The number of nitrogens with two attached hydrogens (primary N) is 1. The van der Waals surface area contributed by atoms with Crippen LogP contribution in [0.2, 0.25) is 0 Å². The van der Waals surface area contributed by atoms with Gasteiger partial charge in [0.05, 0.1) is 11.4 Å². The van der Waals surface area contributed by atoms with E-state index in [2.05, 4.69) is 30.0 Å². The van der Waals surface area contributed by atoms with E-state index in [9.17, 15) is 0 Å². The first-order valence-electron chi connectivity index (χ1n) is 4.94. The molecule has 0 radical (unpaired) electrons. The van der Waals surface area contributed by atoms with Crippen molar-refractivity contribution in [2.24, 2.45) is 12.8 Å². The summed E-state index contributed by atoms with van der Waals surface area (Å²) in [5.74, 6) is 0. The van der Waals surface area contributed by atoms with Crippen LogP contribution in [0.5, 0.6) is 0 Å². The van der Waals surface area contributed by atoms with Crippen LogP contribution >= 0.6 is 0 Å². The van der Waals surface area contributed by atoms with E-state index in [1.807, 2.05) is 18.7 Å². The van der Waals surface area contributed by atoms with Crippen molar-refractivity contribution in [2.75, 3.05) is 13.6 Å². The molecule has 4 nitrogen and oxygen atoms in total. The summed E-state index contributed by atoms with van der Waals surface area (Å²) in [6, 6.07) is 2.52. The zero-order chi connectivity index (χ0) is 10.7. The third kappa shape index (κ3) is 2.56. The first-order valence-corrected chi connectivity index (χ1v) is 4.94. The van der Waals surface area contributed by atoms with E-state index in [1.165, 1.54) is 5.69 Å². The van der Waals surface area contributed by atoms with Gasteiger partial charge in [-0.2, -0.15) is 5.10 Å². The molecule has 0 bridgehead atoms. The van der Waals surface area contributed by atoms with E-state index in [0.29, 0.717) is 12.6 Å². The highest BCUT2D eigenvalue weighted by Gasteiger charge is 2.10. The van der Waals surface area contributed by atoms with Crippen molar-refractivity contribution in [1.29, 1.82) is 0 Å². The highest BCUT2D eigenvalue weighted by atomic mass is 15.3. The highest BCUT2D eigenvalue weighted by Crippen LogP contribution is 2.06. The fraction of sp³-hybridized carbons (Fsp3) is 0.700. The highest BCUT2D eigenvalue weighted by molar-refractivity contribution is 5.08. The van der Waals surface area contributed by atoms with E-state index in [1.54, 1.807) is 0 Å². The smallest absolute Gasteiger partial charge is 0.0597 e. The van der Waals surface area contributed by atoms with Gasteiger partial charge in [-0.25, -0.2) is 0 Å². The van der Waals surface area contributed by atoms with Gasteiger partial charge in [0.1, 0.15) is 0 Å². The van der Waals surface area contributed by atoms with Crippen molar-refractivity contribution in [3.63, 3.8) is 0 Å². The molecule has 1 aromatic rings. The topological polar surface area (TPSA) is 47.1 Å². The Bertz CT molecular complexity index is 292. The molecular formula is C10H20N4. The van der Waals surface area contributed by atoms with Crippen molar-refractivity contribution in [1.82, 2.24) is 14.7 Å². The number of nitrogens with zero attached hydrogens (tertiary/aromatic N) is 3. The molecule has 2 N–H and O–H groups in total. The standard InChI is InChI=1S/C10H20N4/c1-8-5-10(14(4)12-8)7-13(3)9(2)6-11/h5,9H,6-7,11H2,1-4H3. The summed E-state index contributed by atoms with van der Waals surface area (Å²) in [5.41, 5.74) is 7.90. The van der Waals surface area contributed by atoms with Crippen LogP contribution in [-0.4, -0.2) is 34.3 Å². The lowest BCUT2D eigenvalue weighted by atomic mass is 10.2. The van der Waals surface area contributed by atoms with Crippen molar-refractivity contribution >= 4 is 0 Å². The second-order valence-corrected chi connectivity index (χ2v) is 3.90. The second kappa shape index (κ2) is 4.57. The van der Waals surface area contributed by atoms with E-state index in [4.69, 9.17) is 5.73 Å². The van der Waals surface area contributed by atoms with Crippen LogP contribution in [0, 0.1) is 6.92 Å². The molecule has 0 saturated carbocycles. The Morgan fingerprint density at radius 3 is 2.71 bits per heavy atom. The van der Waals surface area contributed by atoms with Gasteiger partial charge in [-0.3, -0.25) is 9.58 Å². The van der Waals surface area contributed by atoms with Gasteiger partial charge < -0.3 is 5.73 Å². The second-order valence-electron chi connectivity index (χ2n) is 3.90. The number of likely N-dealkylation sites (N-methyl/N-ethyl adjacent to an activating group) is 1. The summed E-state index contributed by atoms with van der Waals surface area (Å²) in [4.78, 5) is 2.23. The summed E-state index contributed by atoms with van der Waals surface area (Å²) in [5, 5.41) is 4.31. The lowest BCUT2D eigenvalue weighted by molar-refractivity contribution is 0.248. The first-order chi connectivity index (χ1) is 6.54. The minimum absolute atomic E-state index is 0.408.